The van der Waals surface area contributed by atoms with E-state index < -0.39 is 0 Å². The van der Waals surface area contributed by atoms with Crippen LogP contribution in [0.15, 0.2) is 41.1 Å². The molecule has 1 heterocycles. The van der Waals surface area contributed by atoms with Gasteiger partial charge in [0.1, 0.15) is 5.75 Å². The lowest BCUT2D eigenvalue weighted by molar-refractivity contribution is 0.338. The fraction of sp³-hybridized carbons (Fsp3) is 0.267. The quantitative estimate of drug-likeness (QED) is 0.651. The number of nitrogens with one attached hydrogen (secondary N) is 1. The number of aryl methyl sites for hydroxylation is 1. The molecule has 0 amide bonds. The summed E-state index contributed by atoms with van der Waals surface area (Å²) in [6, 6.07) is 8.00. The van der Waals surface area contributed by atoms with Crippen LogP contribution in [-0.4, -0.2) is 11.6 Å². The van der Waals surface area contributed by atoms with Gasteiger partial charge >= 0.3 is 0 Å². The lowest BCUT2D eigenvalue weighted by atomic mass is 9.99. The van der Waals surface area contributed by atoms with Gasteiger partial charge in [-0.3, -0.25) is 10.8 Å². The molecule has 0 aliphatic heterocycles. The van der Waals surface area contributed by atoms with Crippen molar-refractivity contribution in [1.29, 1.82) is 0 Å². The number of rotatable bonds is 5. The van der Waals surface area contributed by atoms with Crippen LogP contribution in [0.4, 0.5) is 0 Å². The van der Waals surface area contributed by atoms with Crippen LogP contribution >= 0.6 is 15.9 Å². The van der Waals surface area contributed by atoms with Crippen LogP contribution in [0, 0.1) is 6.92 Å². The van der Waals surface area contributed by atoms with Gasteiger partial charge in [0, 0.05) is 10.7 Å². The van der Waals surface area contributed by atoms with Crippen molar-refractivity contribution in [2.75, 3.05) is 6.61 Å². The predicted octanol–water partition coefficient (Wildman–Crippen LogP) is 3.10. The maximum Gasteiger partial charge on any atom is 0.137 e. The van der Waals surface area contributed by atoms with E-state index in [9.17, 15) is 0 Å². The van der Waals surface area contributed by atoms with Crippen molar-refractivity contribution in [3.63, 3.8) is 0 Å². The van der Waals surface area contributed by atoms with E-state index in [0.717, 1.165) is 26.9 Å². The first-order valence-corrected chi connectivity index (χ1v) is 7.25. The third kappa shape index (κ3) is 3.36. The summed E-state index contributed by atoms with van der Waals surface area (Å²) in [5.41, 5.74) is 6.06. The number of nitrogens with two attached hydrogens (primary N) is 1. The smallest absolute Gasteiger partial charge is 0.137 e. The molecule has 0 fully saturated rings. The average Bonchev–Trinajstić information content (AvgIpc) is 2.44. The highest BCUT2D eigenvalue weighted by molar-refractivity contribution is 9.10. The minimum absolute atomic E-state index is 0.116. The van der Waals surface area contributed by atoms with Crippen LogP contribution in [0.3, 0.4) is 0 Å². The Bertz CT molecular complexity index is 589. The summed E-state index contributed by atoms with van der Waals surface area (Å²) in [7, 11) is 0. The van der Waals surface area contributed by atoms with Crippen LogP contribution in [0.2, 0.25) is 0 Å². The Hall–Kier alpha value is -1.43. The predicted molar refractivity (Wildman–Crippen MR) is 83.5 cm³/mol. The number of benzene rings is 1. The molecule has 5 heteroatoms. The van der Waals surface area contributed by atoms with Crippen LogP contribution in [-0.2, 0) is 0 Å². The lowest BCUT2D eigenvalue weighted by Gasteiger charge is -2.18. The highest BCUT2D eigenvalue weighted by Gasteiger charge is 2.14. The van der Waals surface area contributed by atoms with Gasteiger partial charge in [0.25, 0.3) is 0 Å². The number of halogens is 1. The Labute approximate surface area is 127 Å². The maximum atomic E-state index is 5.72. The minimum atomic E-state index is -0.116. The molecule has 0 saturated carbocycles. The summed E-state index contributed by atoms with van der Waals surface area (Å²) in [6.07, 6.45) is 3.50. The summed E-state index contributed by atoms with van der Waals surface area (Å²) in [5.74, 6) is 6.47. The summed E-state index contributed by atoms with van der Waals surface area (Å²) in [5, 5.41) is 0. The van der Waals surface area contributed by atoms with Gasteiger partial charge in [-0.1, -0.05) is 28.1 Å². The van der Waals surface area contributed by atoms with E-state index in [1.165, 1.54) is 0 Å². The zero-order valence-electron chi connectivity index (χ0n) is 11.6. The maximum absolute atomic E-state index is 5.72. The molecule has 3 N–H and O–H groups in total. The first kappa shape index (κ1) is 15.0. The molecule has 1 aromatic heterocycles. The van der Waals surface area contributed by atoms with Gasteiger partial charge in [-0.15, -0.1) is 0 Å². The van der Waals surface area contributed by atoms with E-state index in [-0.39, 0.29) is 6.04 Å². The first-order valence-electron chi connectivity index (χ1n) is 6.45. The number of pyridine rings is 1. The normalized spacial score (nSPS) is 12.2. The molecule has 1 atom stereocenters. The van der Waals surface area contributed by atoms with Crippen LogP contribution < -0.4 is 16.0 Å². The van der Waals surface area contributed by atoms with Crippen molar-refractivity contribution in [3.05, 3.63) is 57.8 Å². The lowest BCUT2D eigenvalue weighted by Crippen LogP contribution is -2.29. The van der Waals surface area contributed by atoms with Crippen molar-refractivity contribution >= 4 is 15.9 Å². The van der Waals surface area contributed by atoms with Gasteiger partial charge in [0.05, 0.1) is 18.8 Å². The minimum Gasteiger partial charge on any atom is -0.492 e. The molecule has 20 heavy (non-hydrogen) atoms. The molecule has 1 aromatic carbocycles. The van der Waals surface area contributed by atoms with Crippen molar-refractivity contribution in [1.82, 2.24) is 10.4 Å². The van der Waals surface area contributed by atoms with E-state index in [1.54, 1.807) is 12.4 Å². The second kappa shape index (κ2) is 6.83. The van der Waals surface area contributed by atoms with Crippen LogP contribution in [0.25, 0.3) is 0 Å². The standard InChI is InChI=1S/C15H18BrN3O/c1-3-20-13-7-12(8-18-9-13)15(19-17)11-4-5-14(16)10(2)6-11/h4-9,15,19H,3,17H2,1-2H3. The molecule has 4 nitrogen and oxygen atoms in total. The molecule has 0 saturated heterocycles. The van der Waals surface area contributed by atoms with Gasteiger partial charge in [0.15, 0.2) is 0 Å². The molecule has 2 rings (SSSR count). The first-order chi connectivity index (χ1) is 9.65. The van der Waals surface area contributed by atoms with Gasteiger partial charge in [-0.25, -0.2) is 5.43 Å². The molecule has 0 spiro atoms. The third-order valence-electron chi connectivity index (χ3n) is 3.06. The number of ether oxygens (including phenoxy) is 1. The highest BCUT2D eigenvalue weighted by Crippen LogP contribution is 2.26. The van der Waals surface area contributed by atoms with Crippen LogP contribution in [0.1, 0.15) is 29.7 Å². The molecule has 0 bridgehead atoms. The Morgan fingerprint density at radius 2 is 2.10 bits per heavy atom. The van der Waals surface area contributed by atoms with Gasteiger partial charge in [-0.05, 0) is 42.7 Å². The zero-order chi connectivity index (χ0) is 14.5. The highest BCUT2D eigenvalue weighted by atomic mass is 79.9. The largest absolute Gasteiger partial charge is 0.492 e. The van der Waals surface area contributed by atoms with Crippen molar-refractivity contribution in [3.8, 4) is 5.75 Å². The molecule has 1 unspecified atom stereocenters. The number of hydrazine groups is 1. The molecule has 0 aliphatic rings. The Balaban J connectivity index is 2.36. The van der Waals surface area contributed by atoms with Crippen molar-refractivity contribution in [2.24, 2.45) is 5.84 Å². The second-order valence-electron chi connectivity index (χ2n) is 4.50. The number of hydrogen-bond donors (Lipinski definition) is 2. The van der Waals surface area contributed by atoms with E-state index in [2.05, 4.69) is 39.3 Å². The summed E-state index contributed by atoms with van der Waals surface area (Å²) in [4.78, 5) is 4.21. The van der Waals surface area contributed by atoms with E-state index in [1.807, 2.05) is 25.1 Å². The van der Waals surface area contributed by atoms with Crippen molar-refractivity contribution in [2.45, 2.75) is 19.9 Å². The molecule has 0 aliphatic carbocycles. The van der Waals surface area contributed by atoms with E-state index in [4.69, 9.17) is 10.6 Å². The zero-order valence-corrected chi connectivity index (χ0v) is 13.1. The Kier molecular flexibility index (Phi) is 5.11. The second-order valence-corrected chi connectivity index (χ2v) is 5.35. The fourth-order valence-electron chi connectivity index (χ4n) is 2.07. The van der Waals surface area contributed by atoms with Gasteiger partial charge in [0.2, 0.25) is 0 Å². The number of aromatic nitrogens is 1. The Morgan fingerprint density at radius 3 is 2.75 bits per heavy atom. The van der Waals surface area contributed by atoms with E-state index >= 15 is 0 Å². The Morgan fingerprint density at radius 1 is 1.30 bits per heavy atom. The number of hydrogen-bond acceptors (Lipinski definition) is 4. The molecular formula is C15H18BrN3O. The number of nitrogens with zero attached hydrogens (tertiary/aromatic N) is 1. The molecule has 106 valence electrons. The molecule has 2 aromatic rings. The van der Waals surface area contributed by atoms with Gasteiger partial charge in [-0.2, -0.15) is 0 Å². The molecular weight excluding hydrogens is 318 g/mol. The molecule has 0 radical (unpaired) electrons. The summed E-state index contributed by atoms with van der Waals surface area (Å²) in [6.45, 7) is 4.61. The van der Waals surface area contributed by atoms with E-state index in [0.29, 0.717) is 6.61 Å². The summed E-state index contributed by atoms with van der Waals surface area (Å²) >= 11 is 3.50. The van der Waals surface area contributed by atoms with Crippen LogP contribution in [0.5, 0.6) is 5.75 Å². The average molecular weight is 336 g/mol. The topological polar surface area (TPSA) is 60.2 Å². The third-order valence-corrected chi connectivity index (χ3v) is 3.95. The fourth-order valence-corrected chi connectivity index (χ4v) is 2.32. The van der Waals surface area contributed by atoms with Crippen molar-refractivity contribution < 1.29 is 4.74 Å². The summed E-state index contributed by atoms with van der Waals surface area (Å²) < 4.78 is 6.56. The van der Waals surface area contributed by atoms with Gasteiger partial charge < -0.3 is 4.74 Å². The monoisotopic (exact) mass is 335 g/mol. The SMILES string of the molecule is CCOc1cncc(C(NN)c2ccc(Br)c(C)c2)c1.